The molecule has 2 aromatic carbocycles. The fourth-order valence-electron chi connectivity index (χ4n) is 4.55. The quantitative estimate of drug-likeness (QED) is 0.349. The Balaban J connectivity index is 1.80. The molecule has 2 saturated carbocycles. The highest BCUT2D eigenvalue weighted by Crippen LogP contribution is 2.26. The van der Waals surface area contributed by atoms with Gasteiger partial charge in [-0.15, -0.1) is 0 Å². The number of halogens is 2. The second-order valence-corrected chi connectivity index (χ2v) is 10.4. The van der Waals surface area contributed by atoms with Crippen LogP contribution in [0, 0.1) is 0 Å². The van der Waals surface area contributed by atoms with Crippen molar-refractivity contribution < 1.29 is 0 Å². The maximum Gasteiger partial charge on any atom is 0.0908 e. The minimum Gasteiger partial charge on any atom is -0.279 e. The van der Waals surface area contributed by atoms with E-state index in [-0.39, 0.29) is 0 Å². The lowest BCUT2D eigenvalue weighted by Gasteiger charge is -2.23. The van der Waals surface area contributed by atoms with Gasteiger partial charge in [0.1, 0.15) is 0 Å². The summed E-state index contributed by atoms with van der Waals surface area (Å²) in [7, 11) is 0. The summed E-state index contributed by atoms with van der Waals surface area (Å²) in [6, 6.07) is 18.0. The van der Waals surface area contributed by atoms with Crippen molar-refractivity contribution in [2.45, 2.75) is 76.3 Å². The van der Waals surface area contributed by atoms with E-state index in [2.05, 4.69) is 80.4 Å². The molecule has 4 heteroatoms. The Kier molecular flexibility index (Phi) is 7.95. The minimum atomic E-state index is 0.407. The number of hydrogen-bond donors (Lipinski definition) is 0. The van der Waals surface area contributed by atoms with Crippen molar-refractivity contribution in [1.29, 1.82) is 0 Å². The van der Waals surface area contributed by atoms with Gasteiger partial charge in [-0.1, -0.05) is 94.7 Å². The molecule has 0 spiro atoms. The lowest BCUT2D eigenvalue weighted by molar-refractivity contribution is 0.442. The molecule has 0 amide bonds. The van der Waals surface area contributed by atoms with Crippen LogP contribution in [0.3, 0.4) is 0 Å². The monoisotopic (exact) mass is 528 g/mol. The molecule has 2 aliphatic rings. The van der Waals surface area contributed by atoms with E-state index >= 15 is 0 Å². The summed E-state index contributed by atoms with van der Waals surface area (Å²) in [4.78, 5) is 10.7. The molecule has 0 aromatic heterocycles. The Hall–Kier alpha value is -1.26. The van der Waals surface area contributed by atoms with Crippen molar-refractivity contribution in [3.8, 4) is 0 Å². The molecule has 2 nitrogen and oxygen atoms in total. The van der Waals surface area contributed by atoms with E-state index in [1.165, 1.54) is 75.3 Å². The second kappa shape index (κ2) is 10.9. The zero-order chi connectivity index (χ0) is 20.8. The van der Waals surface area contributed by atoms with E-state index in [1.54, 1.807) is 0 Å². The average molecular weight is 530 g/mol. The van der Waals surface area contributed by atoms with E-state index < -0.39 is 0 Å². The Morgan fingerprint density at radius 3 is 1.20 bits per heavy atom. The number of rotatable bonds is 5. The minimum absolute atomic E-state index is 0.407. The lowest BCUT2D eigenvalue weighted by atomic mass is 9.93. The van der Waals surface area contributed by atoms with Crippen molar-refractivity contribution in [1.82, 2.24) is 0 Å². The van der Waals surface area contributed by atoms with Gasteiger partial charge in [0.15, 0.2) is 0 Å². The van der Waals surface area contributed by atoms with Gasteiger partial charge in [0.05, 0.1) is 23.5 Å². The van der Waals surface area contributed by atoms with E-state index in [1.807, 2.05) is 0 Å². The molecule has 158 valence electrons. The molecule has 0 radical (unpaired) electrons. The van der Waals surface area contributed by atoms with Crippen LogP contribution in [-0.2, 0) is 0 Å². The third kappa shape index (κ3) is 5.91. The summed E-state index contributed by atoms with van der Waals surface area (Å²) in [5.41, 5.74) is 4.48. The number of hydrogen-bond acceptors (Lipinski definition) is 2. The van der Waals surface area contributed by atoms with Crippen molar-refractivity contribution in [3.05, 3.63) is 68.6 Å². The summed E-state index contributed by atoms with van der Waals surface area (Å²) in [5.74, 6) is 0. The summed E-state index contributed by atoms with van der Waals surface area (Å²) in [6.07, 6.45) is 12.6. The molecule has 0 heterocycles. The molecule has 0 N–H and O–H groups in total. The van der Waals surface area contributed by atoms with Crippen molar-refractivity contribution in [2.24, 2.45) is 9.98 Å². The molecule has 0 bridgehead atoms. The summed E-state index contributed by atoms with van der Waals surface area (Å²) in [6.45, 7) is 0. The first kappa shape index (κ1) is 22.0. The lowest BCUT2D eigenvalue weighted by Crippen LogP contribution is -2.24. The molecular weight excluding hydrogens is 500 g/mol. The molecular formula is C26H30Br2N2. The van der Waals surface area contributed by atoms with Crippen molar-refractivity contribution >= 4 is 43.3 Å². The predicted molar refractivity (Wildman–Crippen MR) is 135 cm³/mol. The highest BCUT2D eigenvalue weighted by atomic mass is 79.9. The van der Waals surface area contributed by atoms with Gasteiger partial charge in [-0.05, 0) is 49.9 Å². The molecule has 0 unspecified atom stereocenters. The van der Waals surface area contributed by atoms with E-state index in [4.69, 9.17) is 9.98 Å². The van der Waals surface area contributed by atoms with Gasteiger partial charge in [0.2, 0.25) is 0 Å². The molecule has 0 atom stereocenters. The van der Waals surface area contributed by atoms with Crippen LogP contribution in [0.2, 0.25) is 0 Å². The number of benzene rings is 2. The second-order valence-electron chi connectivity index (χ2n) is 8.55. The molecule has 0 saturated heterocycles. The Morgan fingerprint density at radius 2 is 0.867 bits per heavy atom. The topological polar surface area (TPSA) is 24.7 Å². The maximum absolute atomic E-state index is 5.36. The largest absolute Gasteiger partial charge is 0.279 e. The summed E-state index contributed by atoms with van der Waals surface area (Å²) in [5, 5.41) is 0. The number of aliphatic imine (C=N–C) groups is 2. The first-order valence-electron chi connectivity index (χ1n) is 11.4. The Morgan fingerprint density at radius 1 is 0.533 bits per heavy atom. The number of nitrogens with zero attached hydrogens (tertiary/aromatic N) is 2. The van der Waals surface area contributed by atoms with E-state index in [0.29, 0.717) is 12.1 Å². The molecule has 2 fully saturated rings. The predicted octanol–water partition coefficient (Wildman–Crippen LogP) is 8.16. The van der Waals surface area contributed by atoms with Gasteiger partial charge >= 0.3 is 0 Å². The van der Waals surface area contributed by atoms with Crippen LogP contribution in [0.4, 0.5) is 0 Å². The van der Waals surface area contributed by atoms with Gasteiger partial charge in [-0.2, -0.15) is 0 Å². The third-order valence-electron chi connectivity index (χ3n) is 6.23. The average Bonchev–Trinajstić information content (AvgIpc) is 2.79. The third-order valence-corrected chi connectivity index (χ3v) is 7.29. The van der Waals surface area contributed by atoms with Crippen LogP contribution in [0.15, 0.2) is 67.5 Å². The molecule has 4 rings (SSSR count). The van der Waals surface area contributed by atoms with Crippen LogP contribution >= 0.6 is 31.9 Å². The SMILES string of the molecule is Brc1ccc(C(=NC2CCCCC2)C(=NC2CCCCC2)c2ccc(Br)cc2)cc1. The molecule has 0 aliphatic heterocycles. The fraction of sp³-hybridized carbons (Fsp3) is 0.462. The zero-order valence-corrected chi connectivity index (χ0v) is 20.7. The normalized spacial score (nSPS) is 19.8. The van der Waals surface area contributed by atoms with Gasteiger partial charge in [0.25, 0.3) is 0 Å². The summed E-state index contributed by atoms with van der Waals surface area (Å²) >= 11 is 7.17. The highest BCUT2D eigenvalue weighted by molar-refractivity contribution is 9.10. The first-order valence-corrected chi connectivity index (χ1v) is 13.0. The van der Waals surface area contributed by atoms with Crippen molar-refractivity contribution in [3.63, 3.8) is 0 Å². The highest BCUT2D eigenvalue weighted by Gasteiger charge is 2.21. The van der Waals surface area contributed by atoms with Gasteiger partial charge in [0, 0.05) is 20.1 Å². The van der Waals surface area contributed by atoms with Crippen molar-refractivity contribution in [2.75, 3.05) is 0 Å². The van der Waals surface area contributed by atoms with Gasteiger partial charge in [-0.25, -0.2) is 0 Å². The van der Waals surface area contributed by atoms with Crippen LogP contribution < -0.4 is 0 Å². The van der Waals surface area contributed by atoms with Crippen LogP contribution in [-0.4, -0.2) is 23.5 Å². The van der Waals surface area contributed by atoms with Gasteiger partial charge in [-0.3, -0.25) is 9.98 Å². The maximum atomic E-state index is 5.36. The molecule has 2 aromatic rings. The van der Waals surface area contributed by atoms with E-state index in [9.17, 15) is 0 Å². The Labute approximate surface area is 197 Å². The first-order chi connectivity index (χ1) is 14.7. The molecule has 30 heavy (non-hydrogen) atoms. The van der Waals surface area contributed by atoms with Crippen LogP contribution in [0.1, 0.15) is 75.3 Å². The standard InChI is InChI=1S/C26H30Br2N2/c27-21-15-11-19(12-16-21)25(29-23-7-3-1-4-8-23)26(20-13-17-22(28)18-14-20)30-24-9-5-2-6-10-24/h11-18,23-24H,1-10H2. The molecule has 2 aliphatic carbocycles. The zero-order valence-electron chi connectivity index (χ0n) is 17.5. The Bertz CT molecular complexity index is 797. The fourth-order valence-corrected chi connectivity index (χ4v) is 5.07. The van der Waals surface area contributed by atoms with E-state index in [0.717, 1.165) is 20.4 Å². The van der Waals surface area contributed by atoms with Crippen LogP contribution in [0.5, 0.6) is 0 Å². The van der Waals surface area contributed by atoms with Crippen LogP contribution in [0.25, 0.3) is 0 Å². The smallest absolute Gasteiger partial charge is 0.0908 e. The summed E-state index contributed by atoms with van der Waals surface area (Å²) < 4.78 is 2.19. The van der Waals surface area contributed by atoms with Gasteiger partial charge < -0.3 is 0 Å².